The number of nitrogens with one attached hydrogen (secondary N) is 1. The summed E-state index contributed by atoms with van der Waals surface area (Å²) in [6.07, 6.45) is 0.496. The zero-order valence-electron chi connectivity index (χ0n) is 12.2. The second-order valence-corrected chi connectivity index (χ2v) is 5.94. The highest BCUT2D eigenvalue weighted by Crippen LogP contribution is 2.24. The van der Waals surface area contributed by atoms with Gasteiger partial charge in [0.25, 0.3) is 0 Å². The molecule has 114 valence electrons. The second-order valence-electron chi connectivity index (χ2n) is 5.53. The maximum absolute atomic E-state index is 13.5. The lowest BCUT2D eigenvalue weighted by Gasteiger charge is -2.43. The van der Waals surface area contributed by atoms with Crippen LogP contribution in [-0.4, -0.2) is 28.3 Å². The van der Waals surface area contributed by atoms with Crippen LogP contribution in [-0.2, 0) is 16.1 Å². The SMILES string of the molecule is CCC1(C)NC(=O)C(C)N(Cc2ccc(Cl)c(F)c2)C1=O. The zero-order valence-corrected chi connectivity index (χ0v) is 13.0. The van der Waals surface area contributed by atoms with E-state index in [4.69, 9.17) is 11.6 Å². The van der Waals surface area contributed by atoms with Crippen molar-refractivity contribution >= 4 is 23.4 Å². The van der Waals surface area contributed by atoms with Gasteiger partial charge in [0, 0.05) is 6.54 Å². The number of rotatable bonds is 3. The summed E-state index contributed by atoms with van der Waals surface area (Å²) in [5, 5.41) is 2.79. The van der Waals surface area contributed by atoms with E-state index in [0.717, 1.165) is 0 Å². The Kier molecular flexibility index (Phi) is 4.23. The number of carbonyl (C=O) groups excluding carboxylic acids is 2. The Morgan fingerprint density at radius 3 is 2.67 bits per heavy atom. The van der Waals surface area contributed by atoms with Gasteiger partial charge in [-0.3, -0.25) is 9.59 Å². The Bertz CT molecular complexity index is 593. The fourth-order valence-corrected chi connectivity index (χ4v) is 2.46. The minimum atomic E-state index is -0.908. The summed E-state index contributed by atoms with van der Waals surface area (Å²) in [6, 6.07) is 3.81. The zero-order chi connectivity index (χ0) is 15.8. The van der Waals surface area contributed by atoms with Crippen LogP contribution in [0.3, 0.4) is 0 Å². The van der Waals surface area contributed by atoms with Crippen LogP contribution >= 0.6 is 11.6 Å². The molecule has 1 aliphatic rings. The van der Waals surface area contributed by atoms with Gasteiger partial charge in [-0.25, -0.2) is 4.39 Å². The molecule has 2 unspecified atom stereocenters. The average molecular weight is 313 g/mol. The topological polar surface area (TPSA) is 49.4 Å². The van der Waals surface area contributed by atoms with E-state index in [1.165, 1.54) is 17.0 Å². The Hall–Kier alpha value is -1.62. The number of piperazine rings is 1. The largest absolute Gasteiger partial charge is 0.340 e. The van der Waals surface area contributed by atoms with Crippen LogP contribution in [0.2, 0.25) is 5.02 Å². The number of nitrogens with zero attached hydrogens (tertiary/aromatic N) is 1. The Morgan fingerprint density at radius 1 is 1.43 bits per heavy atom. The van der Waals surface area contributed by atoms with Gasteiger partial charge in [0.15, 0.2) is 0 Å². The van der Waals surface area contributed by atoms with Gasteiger partial charge in [-0.1, -0.05) is 24.6 Å². The maximum atomic E-state index is 13.5. The molecule has 0 spiro atoms. The van der Waals surface area contributed by atoms with E-state index in [1.807, 2.05) is 6.92 Å². The molecule has 0 bridgehead atoms. The smallest absolute Gasteiger partial charge is 0.248 e. The number of carbonyl (C=O) groups is 2. The van der Waals surface area contributed by atoms with Gasteiger partial charge in [0.2, 0.25) is 11.8 Å². The van der Waals surface area contributed by atoms with Crippen molar-refractivity contribution in [1.29, 1.82) is 0 Å². The van der Waals surface area contributed by atoms with Gasteiger partial charge in [-0.15, -0.1) is 0 Å². The first-order valence-electron chi connectivity index (χ1n) is 6.85. The monoisotopic (exact) mass is 312 g/mol. The Labute approximate surface area is 128 Å². The molecule has 4 nitrogen and oxygen atoms in total. The van der Waals surface area contributed by atoms with E-state index >= 15 is 0 Å². The number of hydrogen-bond acceptors (Lipinski definition) is 2. The third-order valence-electron chi connectivity index (χ3n) is 4.02. The molecule has 1 aromatic carbocycles. The van der Waals surface area contributed by atoms with E-state index in [0.29, 0.717) is 12.0 Å². The summed E-state index contributed by atoms with van der Waals surface area (Å²) < 4.78 is 13.5. The molecule has 1 aromatic rings. The first kappa shape index (κ1) is 15.8. The van der Waals surface area contributed by atoms with Crippen molar-refractivity contribution in [1.82, 2.24) is 10.2 Å². The second kappa shape index (κ2) is 5.64. The number of benzene rings is 1. The minimum Gasteiger partial charge on any atom is -0.340 e. The summed E-state index contributed by atoms with van der Waals surface area (Å²) in [6.45, 7) is 5.38. The van der Waals surface area contributed by atoms with Crippen LogP contribution in [0.5, 0.6) is 0 Å². The molecule has 1 heterocycles. The summed E-state index contributed by atoms with van der Waals surface area (Å²) >= 11 is 5.65. The molecule has 2 atom stereocenters. The highest BCUT2D eigenvalue weighted by Gasteiger charge is 2.45. The Morgan fingerprint density at radius 2 is 2.10 bits per heavy atom. The fourth-order valence-electron chi connectivity index (χ4n) is 2.35. The normalized spacial score (nSPS) is 26.0. The molecule has 2 amide bonds. The van der Waals surface area contributed by atoms with Crippen LogP contribution < -0.4 is 5.32 Å². The first-order chi connectivity index (χ1) is 9.78. The Balaban J connectivity index is 2.29. The molecule has 6 heteroatoms. The van der Waals surface area contributed by atoms with Gasteiger partial charge >= 0.3 is 0 Å². The molecule has 21 heavy (non-hydrogen) atoms. The number of hydrogen-bond donors (Lipinski definition) is 1. The van der Waals surface area contributed by atoms with E-state index in [-0.39, 0.29) is 23.4 Å². The van der Waals surface area contributed by atoms with Crippen LogP contribution in [0, 0.1) is 5.82 Å². The van der Waals surface area contributed by atoms with Crippen LogP contribution in [0.4, 0.5) is 4.39 Å². The standard InChI is InChI=1S/C15H18ClFN2O2/c1-4-15(3)14(21)19(9(2)13(20)18-15)8-10-5-6-11(16)12(17)7-10/h5-7,9H,4,8H2,1-3H3,(H,18,20). The lowest BCUT2D eigenvalue weighted by atomic mass is 9.92. The van der Waals surface area contributed by atoms with Crippen LogP contribution in [0.25, 0.3) is 0 Å². The molecule has 0 aliphatic carbocycles. The molecule has 0 radical (unpaired) electrons. The third kappa shape index (κ3) is 2.88. The third-order valence-corrected chi connectivity index (χ3v) is 4.33. The van der Waals surface area contributed by atoms with E-state index in [1.54, 1.807) is 19.9 Å². The maximum Gasteiger partial charge on any atom is 0.248 e. The summed E-state index contributed by atoms with van der Waals surface area (Å²) in [7, 11) is 0. The van der Waals surface area contributed by atoms with E-state index in [9.17, 15) is 14.0 Å². The van der Waals surface area contributed by atoms with Crippen molar-refractivity contribution in [3.8, 4) is 0 Å². The minimum absolute atomic E-state index is 0.0351. The number of amides is 2. The van der Waals surface area contributed by atoms with E-state index in [2.05, 4.69) is 5.32 Å². The lowest BCUT2D eigenvalue weighted by molar-refractivity contribution is -0.154. The summed E-state index contributed by atoms with van der Waals surface area (Å²) in [5.41, 5.74) is -0.306. The predicted molar refractivity (Wildman–Crippen MR) is 78.3 cm³/mol. The van der Waals surface area contributed by atoms with Crippen LogP contribution in [0.1, 0.15) is 32.8 Å². The van der Waals surface area contributed by atoms with Crippen molar-refractivity contribution in [2.75, 3.05) is 0 Å². The molecular weight excluding hydrogens is 295 g/mol. The molecule has 2 rings (SSSR count). The van der Waals surface area contributed by atoms with Crippen molar-refractivity contribution in [2.24, 2.45) is 0 Å². The molecule has 1 aliphatic heterocycles. The summed E-state index contributed by atoms with van der Waals surface area (Å²) in [4.78, 5) is 26.1. The first-order valence-corrected chi connectivity index (χ1v) is 7.23. The molecular formula is C15H18ClFN2O2. The molecule has 0 saturated carbocycles. The summed E-state index contributed by atoms with van der Waals surface area (Å²) in [5.74, 6) is -0.894. The fraction of sp³-hybridized carbons (Fsp3) is 0.467. The van der Waals surface area contributed by atoms with Gasteiger partial charge in [-0.2, -0.15) is 0 Å². The van der Waals surface area contributed by atoms with Gasteiger partial charge in [-0.05, 0) is 38.0 Å². The number of halogens is 2. The predicted octanol–water partition coefficient (Wildman–Crippen LogP) is 2.49. The van der Waals surface area contributed by atoms with Gasteiger partial charge in [0.05, 0.1) is 5.02 Å². The average Bonchev–Trinajstić information content (AvgIpc) is 2.45. The van der Waals surface area contributed by atoms with Crippen molar-refractivity contribution in [2.45, 2.75) is 45.3 Å². The lowest BCUT2D eigenvalue weighted by Crippen LogP contribution is -2.68. The van der Waals surface area contributed by atoms with E-state index < -0.39 is 17.4 Å². The highest BCUT2D eigenvalue weighted by molar-refractivity contribution is 6.30. The van der Waals surface area contributed by atoms with Crippen molar-refractivity contribution in [3.05, 3.63) is 34.6 Å². The molecule has 0 aromatic heterocycles. The quantitative estimate of drug-likeness (QED) is 0.932. The van der Waals surface area contributed by atoms with Crippen molar-refractivity contribution in [3.63, 3.8) is 0 Å². The molecule has 1 saturated heterocycles. The van der Waals surface area contributed by atoms with Gasteiger partial charge in [0.1, 0.15) is 17.4 Å². The van der Waals surface area contributed by atoms with Gasteiger partial charge < -0.3 is 10.2 Å². The molecule has 1 fully saturated rings. The van der Waals surface area contributed by atoms with Crippen LogP contribution in [0.15, 0.2) is 18.2 Å². The molecule has 1 N–H and O–H groups in total. The highest BCUT2D eigenvalue weighted by atomic mass is 35.5. The van der Waals surface area contributed by atoms with Crippen molar-refractivity contribution < 1.29 is 14.0 Å².